The van der Waals surface area contributed by atoms with Gasteiger partial charge in [0.1, 0.15) is 18.5 Å². The number of carbonyl (C=O) groups excluding carboxylic acids is 1. The number of carbonyl (C=O) groups is 1. The molecule has 1 aromatic carbocycles. The van der Waals surface area contributed by atoms with E-state index in [0.717, 1.165) is 12.1 Å². The molecule has 1 unspecified atom stereocenters. The van der Waals surface area contributed by atoms with Crippen LogP contribution in [0.5, 0.6) is 5.88 Å². The number of amides is 1. The van der Waals surface area contributed by atoms with Crippen LogP contribution in [0.4, 0.5) is 17.6 Å². The molecule has 1 atom stereocenters. The SMILES string of the molecule is O=C(C=Cc1ccc(F)c(Br)c1)N1CCOC(COc2ccc(C(F)(F)F)cn2)C1. The maximum atomic E-state index is 13.3. The van der Waals surface area contributed by atoms with Crippen LogP contribution in [0.25, 0.3) is 6.08 Å². The van der Waals surface area contributed by atoms with Crippen molar-refractivity contribution in [2.45, 2.75) is 12.3 Å². The minimum Gasteiger partial charge on any atom is -0.475 e. The van der Waals surface area contributed by atoms with Crippen molar-refractivity contribution in [3.8, 4) is 5.88 Å². The number of halogens is 5. The third kappa shape index (κ3) is 6.02. The van der Waals surface area contributed by atoms with E-state index in [0.29, 0.717) is 29.4 Å². The van der Waals surface area contributed by atoms with Crippen LogP contribution < -0.4 is 4.74 Å². The fourth-order valence-corrected chi connectivity index (χ4v) is 3.12. The van der Waals surface area contributed by atoms with Crippen LogP contribution in [0.15, 0.2) is 47.1 Å². The molecule has 160 valence electrons. The molecule has 0 bridgehead atoms. The second kappa shape index (κ2) is 9.57. The number of nitrogens with zero attached hydrogens (tertiary/aromatic N) is 2. The molecule has 0 radical (unpaired) electrons. The van der Waals surface area contributed by atoms with Crippen LogP contribution >= 0.6 is 15.9 Å². The Balaban J connectivity index is 1.52. The first-order valence-electron chi connectivity index (χ1n) is 8.92. The Morgan fingerprint density at radius 2 is 2.13 bits per heavy atom. The normalized spacial score (nSPS) is 17.4. The number of hydrogen-bond donors (Lipinski definition) is 0. The molecule has 5 nitrogen and oxygen atoms in total. The van der Waals surface area contributed by atoms with Crippen LogP contribution in [-0.2, 0) is 15.7 Å². The number of aromatic nitrogens is 1. The predicted octanol–water partition coefficient (Wildman–Crippen LogP) is 4.32. The molecule has 3 rings (SSSR count). The molecule has 0 aliphatic carbocycles. The molecule has 1 aliphatic heterocycles. The lowest BCUT2D eigenvalue weighted by atomic mass is 10.2. The third-order valence-corrected chi connectivity index (χ3v) is 4.90. The maximum absolute atomic E-state index is 13.3. The summed E-state index contributed by atoms with van der Waals surface area (Å²) in [6, 6.07) is 6.44. The zero-order valence-corrected chi connectivity index (χ0v) is 17.1. The minimum absolute atomic E-state index is 0.0385. The molecule has 1 amide bonds. The first-order chi connectivity index (χ1) is 14.2. The third-order valence-electron chi connectivity index (χ3n) is 4.29. The number of pyridine rings is 1. The summed E-state index contributed by atoms with van der Waals surface area (Å²) in [5, 5.41) is 0. The Morgan fingerprint density at radius 1 is 1.33 bits per heavy atom. The summed E-state index contributed by atoms with van der Waals surface area (Å²) in [5.41, 5.74) is -0.196. The van der Waals surface area contributed by atoms with Gasteiger partial charge < -0.3 is 14.4 Å². The Morgan fingerprint density at radius 3 is 2.80 bits per heavy atom. The van der Waals surface area contributed by atoms with Crippen LogP contribution in [0, 0.1) is 5.82 Å². The van der Waals surface area contributed by atoms with Crippen molar-refractivity contribution in [1.29, 1.82) is 0 Å². The highest BCUT2D eigenvalue weighted by molar-refractivity contribution is 9.10. The highest BCUT2D eigenvalue weighted by Crippen LogP contribution is 2.29. The van der Waals surface area contributed by atoms with Gasteiger partial charge in [0.25, 0.3) is 0 Å². The average molecular weight is 489 g/mol. The van der Waals surface area contributed by atoms with E-state index in [1.54, 1.807) is 23.1 Å². The molecule has 0 saturated carbocycles. The van der Waals surface area contributed by atoms with Crippen molar-refractivity contribution in [3.05, 3.63) is 64.0 Å². The average Bonchev–Trinajstić information content (AvgIpc) is 2.73. The van der Waals surface area contributed by atoms with Gasteiger partial charge in [-0.1, -0.05) is 6.07 Å². The Kier molecular flexibility index (Phi) is 7.09. The molecule has 1 aromatic heterocycles. The smallest absolute Gasteiger partial charge is 0.417 e. The summed E-state index contributed by atoms with van der Waals surface area (Å²) in [4.78, 5) is 17.6. The predicted molar refractivity (Wildman–Crippen MR) is 104 cm³/mol. The van der Waals surface area contributed by atoms with E-state index in [-0.39, 0.29) is 24.9 Å². The van der Waals surface area contributed by atoms with Gasteiger partial charge in [0.2, 0.25) is 11.8 Å². The first-order valence-corrected chi connectivity index (χ1v) is 9.71. The van der Waals surface area contributed by atoms with Crippen molar-refractivity contribution in [3.63, 3.8) is 0 Å². The van der Waals surface area contributed by atoms with E-state index in [4.69, 9.17) is 9.47 Å². The summed E-state index contributed by atoms with van der Waals surface area (Å²) < 4.78 is 62.2. The lowest BCUT2D eigenvalue weighted by Crippen LogP contribution is -2.47. The number of rotatable bonds is 5. The van der Waals surface area contributed by atoms with Crippen molar-refractivity contribution in [2.75, 3.05) is 26.3 Å². The van der Waals surface area contributed by atoms with Crippen LogP contribution in [-0.4, -0.2) is 48.2 Å². The monoisotopic (exact) mass is 488 g/mol. The van der Waals surface area contributed by atoms with Gasteiger partial charge in [0, 0.05) is 24.9 Å². The Hall–Kier alpha value is -2.46. The lowest BCUT2D eigenvalue weighted by Gasteiger charge is -2.32. The summed E-state index contributed by atoms with van der Waals surface area (Å²) in [6.07, 6.45) is -1.23. The molecular formula is C20H17BrF4N2O3. The molecule has 2 aromatic rings. The highest BCUT2D eigenvalue weighted by atomic mass is 79.9. The van der Waals surface area contributed by atoms with Crippen molar-refractivity contribution >= 4 is 27.9 Å². The van der Waals surface area contributed by atoms with Crippen LogP contribution in [0.1, 0.15) is 11.1 Å². The van der Waals surface area contributed by atoms with E-state index in [1.165, 1.54) is 12.1 Å². The van der Waals surface area contributed by atoms with Gasteiger partial charge in [-0.15, -0.1) is 0 Å². The molecule has 0 spiro atoms. The Bertz CT molecular complexity index is 919. The van der Waals surface area contributed by atoms with E-state index in [1.807, 2.05) is 0 Å². The second-order valence-corrected chi connectivity index (χ2v) is 7.33. The molecule has 1 aliphatic rings. The van der Waals surface area contributed by atoms with Gasteiger partial charge in [-0.25, -0.2) is 9.37 Å². The largest absolute Gasteiger partial charge is 0.475 e. The fraction of sp³-hybridized carbons (Fsp3) is 0.300. The summed E-state index contributed by atoms with van der Waals surface area (Å²) >= 11 is 3.09. The van der Waals surface area contributed by atoms with Gasteiger partial charge >= 0.3 is 6.18 Å². The van der Waals surface area contributed by atoms with Crippen molar-refractivity contribution < 1.29 is 31.8 Å². The van der Waals surface area contributed by atoms with E-state index >= 15 is 0 Å². The van der Waals surface area contributed by atoms with Gasteiger partial charge in [0.15, 0.2) is 0 Å². The minimum atomic E-state index is -4.46. The molecule has 1 fully saturated rings. The number of alkyl halides is 3. The lowest BCUT2D eigenvalue weighted by molar-refractivity contribution is -0.137. The van der Waals surface area contributed by atoms with E-state index < -0.39 is 23.7 Å². The van der Waals surface area contributed by atoms with Crippen LogP contribution in [0.3, 0.4) is 0 Å². The number of morpholine rings is 1. The molecular weight excluding hydrogens is 472 g/mol. The second-order valence-electron chi connectivity index (χ2n) is 6.48. The van der Waals surface area contributed by atoms with Crippen molar-refractivity contribution in [1.82, 2.24) is 9.88 Å². The summed E-state index contributed by atoms with van der Waals surface area (Å²) in [7, 11) is 0. The zero-order valence-electron chi connectivity index (χ0n) is 15.5. The van der Waals surface area contributed by atoms with Gasteiger partial charge in [-0.2, -0.15) is 13.2 Å². The molecule has 0 N–H and O–H groups in total. The zero-order chi connectivity index (χ0) is 21.7. The van der Waals surface area contributed by atoms with E-state index in [2.05, 4.69) is 20.9 Å². The van der Waals surface area contributed by atoms with Gasteiger partial charge in [-0.05, 0) is 45.8 Å². The van der Waals surface area contributed by atoms with Gasteiger partial charge in [-0.3, -0.25) is 4.79 Å². The summed E-state index contributed by atoms with van der Waals surface area (Å²) in [5.74, 6) is -0.592. The molecule has 10 heteroatoms. The molecule has 1 saturated heterocycles. The topological polar surface area (TPSA) is 51.7 Å². The number of hydrogen-bond acceptors (Lipinski definition) is 4. The summed E-state index contributed by atoms with van der Waals surface area (Å²) in [6.45, 7) is 0.995. The highest BCUT2D eigenvalue weighted by Gasteiger charge is 2.31. The number of benzene rings is 1. The number of ether oxygens (including phenoxy) is 2. The van der Waals surface area contributed by atoms with E-state index in [9.17, 15) is 22.4 Å². The fourth-order valence-electron chi connectivity index (χ4n) is 2.72. The van der Waals surface area contributed by atoms with Crippen molar-refractivity contribution in [2.24, 2.45) is 0 Å². The quantitative estimate of drug-likeness (QED) is 0.464. The first kappa shape index (κ1) is 22.2. The van der Waals surface area contributed by atoms with Crippen LogP contribution in [0.2, 0.25) is 0 Å². The molecule has 2 heterocycles. The van der Waals surface area contributed by atoms with Gasteiger partial charge in [0.05, 0.1) is 23.2 Å². The maximum Gasteiger partial charge on any atom is 0.417 e. The Labute approximate surface area is 178 Å². The molecule has 30 heavy (non-hydrogen) atoms. The standard InChI is InChI=1S/C20H17BrF4N2O3/c21-16-9-13(1-4-17(16)22)2-6-19(28)27-7-8-29-15(11-27)12-30-18-5-3-14(10-26-18)20(23,24)25/h1-6,9-10,15H,7-8,11-12H2.